The minimum atomic E-state index is -4.67. The Hall–Kier alpha value is -1.67. The van der Waals surface area contributed by atoms with E-state index in [2.05, 4.69) is 16.0 Å². The highest BCUT2D eigenvalue weighted by Gasteiger charge is 2.31. The summed E-state index contributed by atoms with van der Waals surface area (Å²) in [4.78, 5) is 0. The number of alkyl halides is 3. The summed E-state index contributed by atoms with van der Waals surface area (Å²) in [6.45, 7) is 0.974. The number of unbranched alkanes of at least 4 members (excludes halogenated alkanes) is 1. The van der Waals surface area contributed by atoms with Crippen molar-refractivity contribution in [2.75, 3.05) is 6.54 Å². The van der Waals surface area contributed by atoms with Crippen molar-refractivity contribution < 1.29 is 17.9 Å². The third-order valence-corrected chi connectivity index (χ3v) is 2.19. The summed E-state index contributed by atoms with van der Waals surface area (Å²) in [5.74, 6) is 2.32. The summed E-state index contributed by atoms with van der Waals surface area (Å²) in [5.41, 5.74) is 0.468. The molecule has 1 N–H and O–H groups in total. The molecule has 0 radical (unpaired) electrons. The van der Waals surface area contributed by atoms with Gasteiger partial charge in [0, 0.05) is 18.5 Å². The fourth-order valence-electron chi connectivity index (χ4n) is 1.41. The van der Waals surface area contributed by atoms with Gasteiger partial charge in [-0.05, 0) is 19.0 Å². The van der Waals surface area contributed by atoms with Crippen LogP contribution in [0, 0.1) is 12.3 Å². The highest BCUT2D eigenvalue weighted by atomic mass is 19.4. The Morgan fingerprint density at radius 3 is 2.67 bits per heavy atom. The first-order valence-electron chi connectivity index (χ1n) is 5.51. The average molecular weight is 257 g/mol. The van der Waals surface area contributed by atoms with Crippen molar-refractivity contribution >= 4 is 0 Å². The number of ether oxygens (including phenoxy) is 1. The van der Waals surface area contributed by atoms with Crippen LogP contribution in [0.4, 0.5) is 13.2 Å². The molecular weight excluding hydrogens is 243 g/mol. The minimum Gasteiger partial charge on any atom is -0.405 e. The lowest BCUT2D eigenvalue weighted by Gasteiger charge is -2.13. The number of para-hydroxylation sites is 1. The summed E-state index contributed by atoms with van der Waals surface area (Å²) in [6.07, 6.45) is 1.86. The Morgan fingerprint density at radius 2 is 2.00 bits per heavy atom. The second-order valence-electron chi connectivity index (χ2n) is 3.64. The lowest BCUT2D eigenvalue weighted by molar-refractivity contribution is -0.274. The first-order chi connectivity index (χ1) is 8.53. The summed E-state index contributed by atoms with van der Waals surface area (Å²) < 4.78 is 40.4. The third kappa shape index (κ3) is 5.60. The second-order valence-corrected chi connectivity index (χ2v) is 3.64. The van der Waals surface area contributed by atoms with Crippen LogP contribution in [-0.2, 0) is 6.54 Å². The minimum absolute atomic E-state index is 0.172. The predicted octanol–water partition coefficient (Wildman–Crippen LogP) is 3.09. The highest BCUT2D eigenvalue weighted by Crippen LogP contribution is 2.25. The first kappa shape index (κ1) is 14.4. The molecule has 1 aromatic carbocycles. The van der Waals surface area contributed by atoms with Gasteiger partial charge < -0.3 is 10.1 Å². The Morgan fingerprint density at radius 1 is 1.28 bits per heavy atom. The maximum atomic E-state index is 12.1. The van der Waals surface area contributed by atoms with Gasteiger partial charge in [-0.2, -0.15) is 0 Å². The van der Waals surface area contributed by atoms with Crippen LogP contribution in [0.2, 0.25) is 0 Å². The number of nitrogens with one attached hydrogen (secondary N) is 1. The van der Waals surface area contributed by atoms with E-state index in [0.29, 0.717) is 25.1 Å². The molecule has 0 amide bonds. The van der Waals surface area contributed by atoms with Gasteiger partial charge >= 0.3 is 6.36 Å². The van der Waals surface area contributed by atoms with E-state index in [1.807, 2.05) is 0 Å². The number of benzene rings is 1. The molecule has 0 fully saturated rings. The Kier molecular flexibility index (Phi) is 5.53. The molecule has 0 atom stereocenters. The summed E-state index contributed by atoms with van der Waals surface area (Å²) in [5, 5.41) is 3.02. The number of rotatable bonds is 6. The quantitative estimate of drug-likeness (QED) is 0.624. The maximum absolute atomic E-state index is 12.1. The van der Waals surface area contributed by atoms with Gasteiger partial charge in [0.2, 0.25) is 0 Å². The van der Waals surface area contributed by atoms with Crippen LogP contribution in [0.15, 0.2) is 24.3 Å². The van der Waals surface area contributed by atoms with Crippen molar-refractivity contribution in [1.29, 1.82) is 0 Å². The third-order valence-electron chi connectivity index (χ3n) is 2.19. The van der Waals surface area contributed by atoms with Crippen LogP contribution >= 0.6 is 0 Å². The van der Waals surface area contributed by atoms with E-state index in [-0.39, 0.29) is 5.75 Å². The van der Waals surface area contributed by atoms with Gasteiger partial charge in [-0.3, -0.25) is 0 Å². The van der Waals surface area contributed by atoms with Crippen LogP contribution in [0.1, 0.15) is 18.4 Å². The molecule has 98 valence electrons. The van der Waals surface area contributed by atoms with Crippen LogP contribution in [0.3, 0.4) is 0 Å². The molecule has 0 aliphatic rings. The highest BCUT2D eigenvalue weighted by molar-refractivity contribution is 5.33. The summed E-state index contributed by atoms with van der Waals surface area (Å²) >= 11 is 0. The fourth-order valence-corrected chi connectivity index (χ4v) is 1.41. The van der Waals surface area contributed by atoms with E-state index < -0.39 is 6.36 Å². The van der Waals surface area contributed by atoms with Gasteiger partial charge in [0.05, 0.1) is 0 Å². The summed E-state index contributed by atoms with van der Waals surface area (Å²) in [6, 6.07) is 6.06. The monoisotopic (exact) mass is 257 g/mol. The van der Waals surface area contributed by atoms with Gasteiger partial charge in [-0.1, -0.05) is 18.2 Å². The molecule has 1 aromatic rings. The van der Waals surface area contributed by atoms with Gasteiger partial charge in [0.1, 0.15) is 5.75 Å². The normalized spacial score (nSPS) is 11.0. The molecule has 0 aliphatic carbocycles. The molecule has 0 heterocycles. The van der Waals surface area contributed by atoms with E-state index in [9.17, 15) is 13.2 Å². The topological polar surface area (TPSA) is 21.3 Å². The zero-order chi connectivity index (χ0) is 13.4. The molecule has 0 saturated heterocycles. The Balaban J connectivity index is 2.52. The van der Waals surface area contributed by atoms with Crippen LogP contribution in [-0.4, -0.2) is 12.9 Å². The van der Waals surface area contributed by atoms with Crippen molar-refractivity contribution in [3.8, 4) is 18.1 Å². The molecule has 0 saturated carbocycles. The molecule has 0 unspecified atom stereocenters. The largest absolute Gasteiger partial charge is 0.573 e. The van der Waals surface area contributed by atoms with Crippen LogP contribution in [0.25, 0.3) is 0 Å². The molecule has 18 heavy (non-hydrogen) atoms. The number of hydrogen-bond donors (Lipinski definition) is 1. The zero-order valence-corrected chi connectivity index (χ0v) is 9.76. The molecule has 0 aliphatic heterocycles. The second kappa shape index (κ2) is 6.92. The van der Waals surface area contributed by atoms with Crippen molar-refractivity contribution in [1.82, 2.24) is 5.32 Å². The van der Waals surface area contributed by atoms with Crippen molar-refractivity contribution in [3.05, 3.63) is 29.8 Å². The van der Waals surface area contributed by atoms with E-state index in [0.717, 1.165) is 6.42 Å². The van der Waals surface area contributed by atoms with E-state index >= 15 is 0 Å². The molecule has 0 bridgehead atoms. The van der Waals surface area contributed by atoms with Crippen molar-refractivity contribution in [2.24, 2.45) is 0 Å². The lowest BCUT2D eigenvalue weighted by atomic mass is 10.2. The Labute approximate surface area is 104 Å². The van der Waals surface area contributed by atoms with E-state index in [1.54, 1.807) is 12.1 Å². The zero-order valence-electron chi connectivity index (χ0n) is 9.76. The lowest BCUT2D eigenvalue weighted by Crippen LogP contribution is -2.20. The molecule has 5 heteroatoms. The average Bonchev–Trinajstić information content (AvgIpc) is 2.29. The van der Waals surface area contributed by atoms with Gasteiger partial charge in [-0.25, -0.2) is 0 Å². The number of hydrogen-bond acceptors (Lipinski definition) is 2. The Bertz CT molecular complexity index is 409. The van der Waals surface area contributed by atoms with Gasteiger partial charge in [-0.15, -0.1) is 25.5 Å². The fraction of sp³-hybridized carbons (Fsp3) is 0.385. The SMILES string of the molecule is C#CCCCNCc1ccccc1OC(F)(F)F. The number of halogens is 3. The van der Waals surface area contributed by atoms with E-state index in [4.69, 9.17) is 6.42 Å². The standard InChI is InChI=1S/C13H14F3NO/c1-2-3-6-9-17-10-11-7-4-5-8-12(11)18-13(14,15)16/h1,4-5,7-8,17H,3,6,9-10H2. The molecule has 1 rings (SSSR count). The van der Waals surface area contributed by atoms with Crippen molar-refractivity contribution in [3.63, 3.8) is 0 Å². The summed E-state index contributed by atoms with van der Waals surface area (Å²) in [7, 11) is 0. The smallest absolute Gasteiger partial charge is 0.405 e. The molecule has 0 aromatic heterocycles. The van der Waals surface area contributed by atoms with Gasteiger partial charge in [0.25, 0.3) is 0 Å². The van der Waals surface area contributed by atoms with Crippen molar-refractivity contribution in [2.45, 2.75) is 25.7 Å². The first-order valence-corrected chi connectivity index (χ1v) is 5.51. The van der Waals surface area contributed by atoms with Gasteiger partial charge in [0.15, 0.2) is 0 Å². The van der Waals surface area contributed by atoms with Crippen LogP contribution < -0.4 is 10.1 Å². The molecule has 2 nitrogen and oxygen atoms in total. The molecular formula is C13H14F3NO. The maximum Gasteiger partial charge on any atom is 0.573 e. The number of terminal acetylenes is 1. The molecule has 0 spiro atoms. The van der Waals surface area contributed by atoms with Crippen LogP contribution in [0.5, 0.6) is 5.75 Å². The van der Waals surface area contributed by atoms with E-state index in [1.165, 1.54) is 12.1 Å². The predicted molar refractivity (Wildman–Crippen MR) is 62.9 cm³/mol.